The number of carbonyl (C=O) groups excluding carboxylic acids is 1. The Morgan fingerprint density at radius 2 is 1.68 bits per heavy atom. The third-order valence-electron chi connectivity index (χ3n) is 8.74. The van der Waals surface area contributed by atoms with E-state index in [0.717, 1.165) is 37.0 Å². The number of carbonyl (C=O) groups is 2. The molecule has 2 aromatic carbocycles. The monoisotopic (exact) mass is 576 g/mol. The molecule has 224 valence electrons. The van der Waals surface area contributed by atoms with Gasteiger partial charge in [0.1, 0.15) is 11.8 Å². The van der Waals surface area contributed by atoms with E-state index in [0.29, 0.717) is 18.4 Å². The Labute approximate surface area is 239 Å². The Hall–Kier alpha value is -3.11. The van der Waals surface area contributed by atoms with Crippen molar-refractivity contribution in [2.75, 3.05) is 14.2 Å². The van der Waals surface area contributed by atoms with Crippen LogP contribution in [-0.4, -0.2) is 53.8 Å². The molecule has 2 aliphatic rings. The fourth-order valence-corrected chi connectivity index (χ4v) is 6.52. The lowest BCUT2D eigenvalue weighted by atomic mass is 9.79. The Kier molecular flexibility index (Phi) is 9.33. The minimum Gasteiger partial charge on any atom is -0.496 e. The molecule has 41 heavy (non-hydrogen) atoms. The van der Waals surface area contributed by atoms with Crippen LogP contribution in [0.15, 0.2) is 48.5 Å². The molecule has 2 fully saturated rings. The number of hydrogen-bond acceptors (Lipinski definition) is 5. The second-order valence-corrected chi connectivity index (χ2v) is 11.5. The van der Waals surface area contributed by atoms with Crippen molar-refractivity contribution in [1.29, 1.82) is 0 Å². The molecule has 1 heterocycles. The van der Waals surface area contributed by atoms with E-state index < -0.39 is 47.4 Å². The normalized spacial score (nSPS) is 23.9. The van der Waals surface area contributed by atoms with E-state index in [1.165, 1.54) is 20.3 Å². The van der Waals surface area contributed by atoms with Gasteiger partial charge in [0.15, 0.2) is 0 Å². The summed E-state index contributed by atoms with van der Waals surface area (Å²) in [6, 6.07) is 10.2. The molecule has 7 nitrogen and oxygen atoms in total. The summed E-state index contributed by atoms with van der Waals surface area (Å²) in [5, 5.41) is 14.1. The minimum absolute atomic E-state index is 0.0639. The van der Waals surface area contributed by atoms with E-state index in [2.05, 4.69) is 5.32 Å². The molecule has 2 aromatic rings. The maximum Gasteiger partial charge on any atom is 0.416 e. The van der Waals surface area contributed by atoms with Crippen molar-refractivity contribution in [2.45, 2.75) is 82.4 Å². The summed E-state index contributed by atoms with van der Waals surface area (Å²) in [4.78, 5) is 28.7. The number of likely N-dealkylation sites (tertiary alicyclic amines) is 1. The number of benzene rings is 2. The highest BCUT2D eigenvalue weighted by Gasteiger charge is 2.59. The van der Waals surface area contributed by atoms with Gasteiger partial charge >= 0.3 is 12.1 Å². The first-order chi connectivity index (χ1) is 19.4. The van der Waals surface area contributed by atoms with Crippen LogP contribution >= 0.6 is 0 Å². The predicted molar refractivity (Wildman–Crippen MR) is 147 cm³/mol. The van der Waals surface area contributed by atoms with E-state index in [1.807, 2.05) is 30.3 Å². The molecule has 0 radical (unpaired) electrons. The number of carboxylic acid groups (broad SMARTS) is 1. The van der Waals surface area contributed by atoms with Crippen molar-refractivity contribution < 1.29 is 37.3 Å². The first kappa shape index (κ1) is 30.8. The van der Waals surface area contributed by atoms with Gasteiger partial charge < -0.3 is 24.8 Å². The van der Waals surface area contributed by atoms with Crippen LogP contribution < -0.4 is 10.1 Å². The summed E-state index contributed by atoms with van der Waals surface area (Å²) in [5.41, 5.74) is -0.548. The van der Waals surface area contributed by atoms with Crippen LogP contribution in [0.2, 0.25) is 0 Å². The zero-order valence-corrected chi connectivity index (χ0v) is 23.9. The van der Waals surface area contributed by atoms with Gasteiger partial charge in [-0.1, -0.05) is 55.7 Å². The van der Waals surface area contributed by atoms with Crippen molar-refractivity contribution in [1.82, 2.24) is 10.2 Å². The average Bonchev–Trinajstić information content (AvgIpc) is 3.32. The van der Waals surface area contributed by atoms with E-state index in [1.54, 1.807) is 18.7 Å². The number of nitrogens with one attached hydrogen (secondary N) is 1. The molecular formula is C31H39F3N2O5. The molecule has 0 spiro atoms. The molecule has 1 saturated carbocycles. The number of carboxylic acids is 1. The van der Waals surface area contributed by atoms with Crippen LogP contribution in [0.1, 0.15) is 68.7 Å². The number of halogens is 3. The highest BCUT2D eigenvalue weighted by atomic mass is 19.4. The lowest BCUT2D eigenvalue weighted by Gasteiger charge is -2.37. The zero-order valence-electron chi connectivity index (χ0n) is 23.9. The standard InChI is InChI=1S/C31H39F3N2O5/c1-30(2,41-4)24-25(35-18-21-15-16-22(31(32,33)34)17-23(21)40-3)26(19-11-7-5-8-12-19)36(27(24)29(38)39)28(37)20-13-9-6-10-14-20/h5,7-8,11-12,15-17,20,24-27,35H,6,9-10,13-14,18H2,1-4H3,(H,38,39)/t24-,25-,26-,27-/m0/s1. The number of alkyl halides is 3. The molecular weight excluding hydrogens is 537 g/mol. The maximum absolute atomic E-state index is 14.2. The van der Waals surface area contributed by atoms with Crippen LogP contribution in [0.3, 0.4) is 0 Å². The molecule has 1 aliphatic heterocycles. The SMILES string of the molecule is COc1cc(C(F)(F)F)ccc1CN[C@H]1[C@H](C(C)(C)OC)[C@@H](C(=O)O)N(C(=O)C2CCCCC2)[C@H]1c1ccccc1. The summed E-state index contributed by atoms with van der Waals surface area (Å²) in [6.07, 6.45) is -0.219. The third-order valence-corrected chi connectivity index (χ3v) is 8.74. The Morgan fingerprint density at radius 3 is 2.24 bits per heavy atom. The molecule has 10 heteroatoms. The van der Waals surface area contributed by atoms with Crippen molar-refractivity contribution in [3.05, 3.63) is 65.2 Å². The van der Waals surface area contributed by atoms with E-state index in [4.69, 9.17) is 9.47 Å². The predicted octanol–water partition coefficient (Wildman–Crippen LogP) is 5.83. The Balaban J connectivity index is 1.80. The van der Waals surface area contributed by atoms with Gasteiger partial charge in [-0.05, 0) is 44.4 Å². The molecule has 2 N–H and O–H groups in total. The maximum atomic E-state index is 14.2. The molecule has 0 aromatic heterocycles. The molecule has 1 saturated heterocycles. The number of nitrogens with zero attached hydrogens (tertiary/aromatic N) is 1. The molecule has 1 aliphatic carbocycles. The lowest BCUT2D eigenvalue weighted by molar-refractivity contribution is -0.156. The van der Waals surface area contributed by atoms with Crippen LogP contribution in [0.4, 0.5) is 13.2 Å². The van der Waals surface area contributed by atoms with Crippen LogP contribution in [0, 0.1) is 11.8 Å². The number of ether oxygens (including phenoxy) is 2. The van der Waals surface area contributed by atoms with Gasteiger partial charge in [0.25, 0.3) is 0 Å². The number of hydrogen-bond donors (Lipinski definition) is 2. The number of rotatable bonds is 9. The van der Waals surface area contributed by atoms with Gasteiger partial charge in [0.05, 0.1) is 24.3 Å². The Morgan fingerprint density at radius 1 is 1.02 bits per heavy atom. The fourth-order valence-electron chi connectivity index (χ4n) is 6.52. The van der Waals surface area contributed by atoms with Crippen LogP contribution in [0.25, 0.3) is 0 Å². The number of amides is 1. The second kappa shape index (κ2) is 12.4. The third kappa shape index (κ3) is 6.38. The highest BCUT2D eigenvalue weighted by Crippen LogP contribution is 2.48. The minimum atomic E-state index is -4.52. The number of methoxy groups -OCH3 is 2. The zero-order chi connectivity index (χ0) is 29.9. The highest BCUT2D eigenvalue weighted by molar-refractivity contribution is 5.87. The largest absolute Gasteiger partial charge is 0.496 e. The summed E-state index contributed by atoms with van der Waals surface area (Å²) in [7, 11) is 2.82. The summed E-state index contributed by atoms with van der Waals surface area (Å²) in [5.74, 6) is -2.20. The van der Waals surface area contributed by atoms with Gasteiger partial charge in [0.2, 0.25) is 5.91 Å². The lowest BCUT2D eigenvalue weighted by Crippen LogP contribution is -2.53. The van der Waals surface area contributed by atoms with Crippen molar-refractivity contribution >= 4 is 11.9 Å². The average molecular weight is 577 g/mol. The summed E-state index contributed by atoms with van der Waals surface area (Å²) in [6.45, 7) is 3.69. The second-order valence-electron chi connectivity index (χ2n) is 11.5. The van der Waals surface area contributed by atoms with Crippen LogP contribution in [-0.2, 0) is 27.0 Å². The first-order valence-corrected chi connectivity index (χ1v) is 14.0. The van der Waals surface area contributed by atoms with Gasteiger partial charge in [-0.15, -0.1) is 0 Å². The van der Waals surface area contributed by atoms with E-state index in [-0.39, 0.29) is 24.1 Å². The molecule has 4 rings (SSSR count). The van der Waals surface area contributed by atoms with Gasteiger partial charge in [0, 0.05) is 37.1 Å². The summed E-state index contributed by atoms with van der Waals surface area (Å²) >= 11 is 0. The van der Waals surface area contributed by atoms with Gasteiger partial charge in [-0.3, -0.25) is 4.79 Å². The van der Waals surface area contributed by atoms with E-state index >= 15 is 0 Å². The molecule has 1 amide bonds. The molecule has 0 unspecified atom stereocenters. The molecule has 4 atom stereocenters. The quantitative estimate of drug-likeness (QED) is 0.391. The summed E-state index contributed by atoms with van der Waals surface area (Å²) < 4.78 is 51.2. The smallest absolute Gasteiger partial charge is 0.416 e. The van der Waals surface area contributed by atoms with Crippen LogP contribution in [0.5, 0.6) is 5.75 Å². The van der Waals surface area contributed by atoms with Gasteiger partial charge in [-0.2, -0.15) is 13.2 Å². The molecule has 0 bridgehead atoms. The number of aliphatic carboxylic acids is 1. The van der Waals surface area contributed by atoms with Crippen molar-refractivity contribution in [2.24, 2.45) is 11.8 Å². The van der Waals surface area contributed by atoms with Crippen molar-refractivity contribution in [3.8, 4) is 5.75 Å². The van der Waals surface area contributed by atoms with Gasteiger partial charge in [-0.25, -0.2) is 4.79 Å². The Bertz CT molecular complexity index is 1210. The topological polar surface area (TPSA) is 88.1 Å². The van der Waals surface area contributed by atoms with E-state index in [9.17, 15) is 27.9 Å². The fraction of sp³-hybridized carbons (Fsp3) is 0.548. The van der Waals surface area contributed by atoms with Crippen molar-refractivity contribution in [3.63, 3.8) is 0 Å². The first-order valence-electron chi connectivity index (χ1n) is 14.0.